The number of carbonyl (C=O) groups is 4. The van der Waals surface area contributed by atoms with Gasteiger partial charge in [0.2, 0.25) is 0 Å². The maximum atomic E-state index is 11.6. The minimum Gasteiger partial charge on any atom is -0.478 e. The number of esters is 3. The smallest absolute Gasteiger partial charge is 0.478 e. The number of carboxylic acid groups (broad SMARTS) is 1. The summed E-state index contributed by atoms with van der Waals surface area (Å²) in [6.07, 6.45) is 0.0918. The van der Waals surface area contributed by atoms with E-state index in [2.05, 4.69) is 33.8 Å². The third-order valence-electron chi connectivity index (χ3n) is 5.27. The Morgan fingerprint density at radius 2 is 1.39 bits per heavy atom. The van der Waals surface area contributed by atoms with Gasteiger partial charge in [-0.15, -0.1) is 0 Å². The van der Waals surface area contributed by atoms with Gasteiger partial charge in [0.15, 0.2) is 0 Å². The van der Waals surface area contributed by atoms with Crippen LogP contribution < -0.4 is 10.9 Å². The predicted molar refractivity (Wildman–Crippen MR) is 167 cm³/mol. The van der Waals surface area contributed by atoms with Crippen molar-refractivity contribution in [2.24, 2.45) is 0 Å². The van der Waals surface area contributed by atoms with Gasteiger partial charge in [-0.25, -0.2) is 19.2 Å². The second-order valence-corrected chi connectivity index (χ2v) is 9.99. The van der Waals surface area contributed by atoms with Gasteiger partial charge in [0.1, 0.15) is 19.8 Å². The fourth-order valence-corrected chi connectivity index (χ4v) is 3.15. The third-order valence-corrected chi connectivity index (χ3v) is 5.59. The summed E-state index contributed by atoms with van der Waals surface area (Å²) in [5, 5.41) is 27.2. The molecule has 0 bridgehead atoms. The van der Waals surface area contributed by atoms with Crippen molar-refractivity contribution in [3.05, 3.63) is 84.0 Å². The first-order valence-corrected chi connectivity index (χ1v) is 14.3. The Balaban J connectivity index is 0.000000355. The maximum absolute atomic E-state index is 11.6. The Labute approximate surface area is 265 Å². The molecular formula is C29H35B2BrO12. The van der Waals surface area contributed by atoms with Crippen molar-refractivity contribution < 1.29 is 57.9 Å². The highest BCUT2D eigenvalue weighted by Crippen LogP contribution is 2.08. The van der Waals surface area contributed by atoms with E-state index in [0.717, 1.165) is 5.46 Å². The second-order valence-electron chi connectivity index (χ2n) is 9.19. The fourth-order valence-electron chi connectivity index (χ4n) is 2.99. The average molecular weight is 677 g/mol. The molecule has 1 heterocycles. The largest absolute Gasteiger partial charge is 0.494 e. The number of alkyl halides is 1. The van der Waals surface area contributed by atoms with Crippen molar-refractivity contribution in [2.75, 3.05) is 31.8 Å². The Kier molecular flexibility index (Phi) is 17.6. The van der Waals surface area contributed by atoms with E-state index in [1.165, 1.54) is 31.2 Å². The van der Waals surface area contributed by atoms with Gasteiger partial charge in [-0.2, -0.15) is 0 Å². The van der Waals surface area contributed by atoms with E-state index in [-0.39, 0.29) is 54.6 Å². The molecule has 0 aromatic heterocycles. The summed E-state index contributed by atoms with van der Waals surface area (Å²) in [6.45, 7) is 12.8. The fraction of sp³-hybridized carbons (Fsp3) is 0.310. The van der Waals surface area contributed by atoms with Gasteiger partial charge in [0.05, 0.1) is 23.8 Å². The number of carbonyl (C=O) groups excluding carboxylic acids is 3. The normalized spacial score (nSPS) is 13.2. The number of hydrogen-bond donors (Lipinski definition) is 3. The molecule has 0 amide bonds. The molecule has 2 aromatic carbocycles. The van der Waals surface area contributed by atoms with E-state index in [4.69, 9.17) is 33.9 Å². The molecule has 3 rings (SSSR count). The second kappa shape index (κ2) is 20.3. The number of carboxylic acids is 1. The Morgan fingerprint density at radius 1 is 0.886 bits per heavy atom. The van der Waals surface area contributed by atoms with Crippen molar-refractivity contribution in [3.63, 3.8) is 0 Å². The van der Waals surface area contributed by atoms with Gasteiger partial charge in [0, 0.05) is 16.5 Å². The molecule has 3 N–H and O–H groups in total. The van der Waals surface area contributed by atoms with Crippen molar-refractivity contribution in [1.82, 2.24) is 0 Å². The Bertz CT molecular complexity index is 1270. The minimum absolute atomic E-state index is 0.0507. The SMILES string of the molecule is C=C(C)C(=O)OCCBr.C=C(C)C(=O)OCCOC(=O)c1ccc(B(O)O)cc1.CC1COB(c2ccc(C(=O)O)cc2)O1. The third kappa shape index (κ3) is 14.6. The van der Waals surface area contributed by atoms with Gasteiger partial charge >= 0.3 is 38.1 Å². The molecule has 1 aliphatic rings. The van der Waals surface area contributed by atoms with E-state index >= 15 is 0 Å². The quantitative estimate of drug-likeness (QED) is 0.0785. The molecule has 1 saturated heterocycles. The molecule has 1 unspecified atom stereocenters. The van der Waals surface area contributed by atoms with Crippen LogP contribution in [-0.4, -0.2) is 91.1 Å². The first-order chi connectivity index (χ1) is 20.8. The lowest BCUT2D eigenvalue weighted by atomic mass is 9.79. The highest BCUT2D eigenvalue weighted by Gasteiger charge is 2.30. The first kappa shape index (κ1) is 38.3. The molecule has 1 aliphatic heterocycles. The molecule has 2 aromatic rings. The molecule has 0 radical (unpaired) electrons. The van der Waals surface area contributed by atoms with E-state index in [1.807, 2.05) is 6.92 Å². The molecule has 0 aliphatic carbocycles. The first-order valence-electron chi connectivity index (χ1n) is 13.2. The molecule has 15 heteroatoms. The highest BCUT2D eigenvalue weighted by atomic mass is 79.9. The number of benzene rings is 2. The molecule has 44 heavy (non-hydrogen) atoms. The molecule has 0 spiro atoms. The summed E-state index contributed by atoms with van der Waals surface area (Å²) >= 11 is 3.12. The van der Waals surface area contributed by atoms with Gasteiger partial charge < -0.3 is 38.7 Å². The van der Waals surface area contributed by atoms with Crippen LogP contribution in [-0.2, 0) is 33.1 Å². The molecule has 1 fully saturated rings. The van der Waals surface area contributed by atoms with Crippen LogP contribution in [0.4, 0.5) is 0 Å². The van der Waals surface area contributed by atoms with Gasteiger partial charge in [-0.1, -0.05) is 53.4 Å². The van der Waals surface area contributed by atoms with E-state index < -0.39 is 25.0 Å². The monoisotopic (exact) mass is 676 g/mol. The van der Waals surface area contributed by atoms with Crippen LogP contribution in [0.25, 0.3) is 0 Å². The summed E-state index contributed by atoms with van der Waals surface area (Å²) in [6, 6.07) is 12.2. The standard InChI is InChI=1S/C13H15BO6.C10H11BO4.C6H9BrO2/c1-9(2)12(15)19-7-8-20-13(16)10-3-5-11(6-4-10)14(17)18;1-7-6-14-11(15-7)9-4-2-8(3-5-9)10(12)13;1-5(2)6(8)9-4-3-7/h3-6,17-18H,1,7-8H2,2H3;2-5,7H,6H2,1H3,(H,12,13);1,3-4H2,2H3. The summed E-state index contributed by atoms with van der Waals surface area (Å²) in [4.78, 5) is 43.8. The number of rotatable bonds is 11. The Morgan fingerprint density at radius 3 is 1.82 bits per heavy atom. The maximum Gasteiger partial charge on any atom is 0.494 e. The zero-order valence-corrected chi connectivity index (χ0v) is 26.3. The summed E-state index contributed by atoms with van der Waals surface area (Å²) in [7, 11) is -1.94. The van der Waals surface area contributed by atoms with Crippen LogP contribution in [0.15, 0.2) is 72.8 Å². The summed E-state index contributed by atoms with van der Waals surface area (Å²) in [5.41, 5.74) is 2.37. The van der Waals surface area contributed by atoms with Crippen molar-refractivity contribution in [1.29, 1.82) is 0 Å². The molecule has 236 valence electrons. The Hall–Kier alpha value is -3.75. The van der Waals surface area contributed by atoms with Crippen LogP contribution in [0.3, 0.4) is 0 Å². The lowest BCUT2D eigenvalue weighted by Crippen LogP contribution is -2.32. The predicted octanol–water partition coefficient (Wildman–Crippen LogP) is 1.66. The van der Waals surface area contributed by atoms with Crippen LogP contribution in [0.5, 0.6) is 0 Å². The van der Waals surface area contributed by atoms with Crippen LogP contribution in [0.2, 0.25) is 0 Å². The average Bonchev–Trinajstić information content (AvgIpc) is 3.44. The van der Waals surface area contributed by atoms with Crippen LogP contribution >= 0.6 is 15.9 Å². The number of aromatic carboxylic acids is 1. The van der Waals surface area contributed by atoms with Crippen LogP contribution in [0, 0.1) is 0 Å². The summed E-state index contributed by atoms with van der Waals surface area (Å²) in [5.74, 6) is -2.38. The highest BCUT2D eigenvalue weighted by molar-refractivity contribution is 9.09. The van der Waals surface area contributed by atoms with Crippen molar-refractivity contribution >= 4 is 65.0 Å². The van der Waals surface area contributed by atoms with Crippen molar-refractivity contribution in [3.8, 4) is 0 Å². The summed E-state index contributed by atoms with van der Waals surface area (Å²) < 4.78 is 25.2. The molecule has 1 atom stereocenters. The van der Waals surface area contributed by atoms with Gasteiger partial charge in [-0.3, -0.25) is 0 Å². The van der Waals surface area contributed by atoms with Crippen molar-refractivity contribution in [2.45, 2.75) is 26.9 Å². The van der Waals surface area contributed by atoms with Gasteiger partial charge in [-0.05, 0) is 56.0 Å². The molecule has 12 nitrogen and oxygen atoms in total. The van der Waals surface area contributed by atoms with E-state index in [1.54, 1.807) is 31.2 Å². The molecule has 0 saturated carbocycles. The number of hydrogen-bond acceptors (Lipinski definition) is 11. The zero-order valence-electron chi connectivity index (χ0n) is 24.7. The number of ether oxygens (including phenoxy) is 3. The van der Waals surface area contributed by atoms with E-state index in [9.17, 15) is 19.2 Å². The lowest BCUT2D eigenvalue weighted by Gasteiger charge is -2.06. The zero-order chi connectivity index (χ0) is 33.2. The number of halogens is 1. The van der Waals surface area contributed by atoms with Crippen LogP contribution in [0.1, 0.15) is 41.5 Å². The topological polar surface area (TPSA) is 175 Å². The van der Waals surface area contributed by atoms with Gasteiger partial charge in [0.25, 0.3) is 0 Å². The lowest BCUT2D eigenvalue weighted by molar-refractivity contribution is -0.140. The minimum atomic E-state index is -1.58. The van der Waals surface area contributed by atoms with E-state index in [0.29, 0.717) is 24.1 Å². The molecular weight excluding hydrogens is 642 g/mol.